The van der Waals surface area contributed by atoms with E-state index in [0.717, 1.165) is 0 Å². The highest BCUT2D eigenvalue weighted by Crippen LogP contribution is 1.98. The Morgan fingerprint density at radius 3 is 1.40 bits per heavy atom. The molecule has 0 fully saturated rings. The first-order valence-electron chi connectivity index (χ1n) is 0.655. The van der Waals surface area contributed by atoms with Crippen molar-refractivity contribution in [2.24, 2.45) is 0 Å². The highest BCUT2D eigenvalue weighted by molar-refractivity contribution is 8.93. The van der Waals surface area contributed by atoms with Crippen molar-refractivity contribution in [1.82, 2.24) is 0 Å². The molecule has 0 aromatic heterocycles. The molecule has 0 atom stereocenters. The van der Waals surface area contributed by atoms with Crippen molar-refractivity contribution < 1.29 is 4.39 Å². The molecule has 0 aliphatic rings. The van der Waals surface area contributed by atoms with E-state index in [1.165, 1.54) is 0 Å². The van der Waals surface area contributed by atoms with Gasteiger partial charge in [0, 0.05) is 0 Å². The lowest BCUT2D eigenvalue weighted by Gasteiger charge is -1.68. The Morgan fingerprint density at radius 1 is 1.40 bits per heavy atom. The number of alkyl halides is 3. The van der Waals surface area contributed by atoms with Gasteiger partial charge in [-0.25, -0.2) is 4.39 Å². The molecular formula is CH2BrCl2F. The van der Waals surface area contributed by atoms with E-state index >= 15 is 0 Å². The van der Waals surface area contributed by atoms with E-state index in [0.29, 0.717) is 0 Å². The first-order valence-corrected chi connectivity index (χ1v) is 1.53. The van der Waals surface area contributed by atoms with Gasteiger partial charge in [-0.15, -0.1) is 17.0 Å². The molecule has 0 aromatic carbocycles. The van der Waals surface area contributed by atoms with E-state index in [-0.39, 0.29) is 17.0 Å². The van der Waals surface area contributed by atoms with Crippen molar-refractivity contribution in [2.75, 3.05) is 0 Å². The molecule has 0 heterocycles. The predicted octanol–water partition coefficient (Wildman–Crippen LogP) is 2.29. The van der Waals surface area contributed by atoms with Gasteiger partial charge in [-0.2, -0.15) is 0 Å². The molecule has 4 heteroatoms. The molecule has 0 aromatic rings. The van der Waals surface area contributed by atoms with Gasteiger partial charge in [0.25, 0.3) is 0 Å². The first-order chi connectivity index (χ1) is 1.73. The Bertz CT molecular complexity index is 14.4. The van der Waals surface area contributed by atoms with Gasteiger partial charge < -0.3 is 0 Å². The molecule has 0 spiro atoms. The predicted molar refractivity (Wildman–Crippen MR) is 26.9 cm³/mol. The van der Waals surface area contributed by atoms with Crippen LogP contribution in [0.25, 0.3) is 0 Å². The van der Waals surface area contributed by atoms with Crippen molar-refractivity contribution in [3.05, 3.63) is 0 Å². The second-order valence-corrected chi connectivity index (χ2v) is 1.24. The third kappa shape index (κ3) is 45.5. The van der Waals surface area contributed by atoms with Gasteiger partial charge in [-0.1, -0.05) is 23.2 Å². The van der Waals surface area contributed by atoms with Gasteiger partial charge in [0.1, 0.15) is 0 Å². The highest BCUT2D eigenvalue weighted by Gasteiger charge is 1.81. The van der Waals surface area contributed by atoms with E-state index in [1.54, 1.807) is 0 Å². The topological polar surface area (TPSA) is 0 Å². The van der Waals surface area contributed by atoms with Crippen LogP contribution in [0.4, 0.5) is 4.39 Å². The molecule has 0 aliphatic carbocycles. The van der Waals surface area contributed by atoms with Crippen molar-refractivity contribution in [1.29, 1.82) is 0 Å². The summed E-state index contributed by atoms with van der Waals surface area (Å²) in [5, 5.41) is -1.72. The second kappa shape index (κ2) is 4.99. The second-order valence-electron chi connectivity index (χ2n) is 0.247. The molecule has 0 radical (unpaired) electrons. The maximum Gasteiger partial charge on any atom is 0.247 e. The van der Waals surface area contributed by atoms with Crippen LogP contribution in [0.1, 0.15) is 0 Å². The number of rotatable bonds is 0. The fourth-order valence-corrected chi connectivity index (χ4v) is 0. The van der Waals surface area contributed by atoms with Crippen LogP contribution in [0.3, 0.4) is 0 Å². The van der Waals surface area contributed by atoms with E-state index < -0.39 is 5.09 Å². The summed E-state index contributed by atoms with van der Waals surface area (Å²) in [7, 11) is 0. The van der Waals surface area contributed by atoms with E-state index in [1.807, 2.05) is 0 Å². The molecule has 0 bridgehead atoms. The Hall–Kier alpha value is 0.990. The zero-order valence-corrected chi connectivity index (χ0v) is 5.34. The van der Waals surface area contributed by atoms with Crippen LogP contribution >= 0.6 is 40.2 Å². The van der Waals surface area contributed by atoms with Crippen LogP contribution in [-0.2, 0) is 0 Å². The highest BCUT2D eigenvalue weighted by atomic mass is 79.9. The molecule has 34 valence electrons. The Morgan fingerprint density at radius 2 is 1.40 bits per heavy atom. The largest absolute Gasteiger partial charge is 0.247 e. The van der Waals surface area contributed by atoms with Crippen molar-refractivity contribution in [3.8, 4) is 0 Å². The summed E-state index contributed by atoms with van der Waals surface area (Å²) in [6.45, 7) is 0. The summed E-state index contributed by atoms with van der Waals surface area (Å²) in [6, 6.07) is 0. The van der Waals surface area contributed by atoms with Gasteiger partial charge in [-0.3, -0.25) is 0 Å². The normalized spacial score (nSPS) is 7.20. The molecule has 0 saturated heterocycles. The fourth-order valence-electron chi connectivity index (χ4n) is 0. The third-order valence-corrected chi connectivity index (χ3v) is 0. The quantitative estimate of drug-likeness (QED) is 0.506. The summed E-state index contributed by atoms with van der Waals surface area (Å²) in [6.07, 6.45) is 0. The molecule has 0 nitrogen and oxygen atoms in total. The summed E-state index contributed by atoms with van der Waals surface area (Å²) >= 11 is 8.75. The van der Waals surface area contributed by atoms with Gasteiger partial charge >= 0.3 is 0 Å². The number of hydrogen-bond acceptors (Lipinski definition) is 0. The first kappa shape index (κ1) is 9.37. The van der Waals surface area contributed by atoms with Gasteiger partial charge in [0.15, 0.2) is 0 Å². The number of hydrogen-bond donors (Lipinski definition) is 0. The lowest BCUT2D eigenvalue weighted by atomic mass is 11.8. The third-order valence-electron chi connectivity index (χ3n) is 0. The molecule has 0 N–H and O–H groups in total. The van der Waals surface area contributed by atoms with E-state index in [9.17, 15) is 4.39 Å². The Labute approximate surface area is 50.0 Å². The molecular weight excluding hydrogens is 182 g/mol. The van der Waals surface area contributed by atoms with Gasteiger partial charge in [0.2, 0.25) is 5.09 Å². The van der Waals surface area contributed by atoms with E-state index in [4.69, 9.17) is 0 Å². The molecule has 0 amide bonds. The standard InChI is InChI=1S/CHCl2F.BrH/c2-1(3)4;/h1H;1H. The minimum absolute atomic E-state index is 0. The van der Waals surface area contributed by atoms with Gasteiger partial charge in [-0.05, 0) is 0 Å². The lowest BCUT2D eigenvalue weighted by molar-refractivity contribution is 0.553. The van der Waals surface area contributed by atoms with Crippen LogP contribution in [0.15, 0.2) is 0 Å². The van der Waals surface area contributed by atoms with E-state index in [2.05, 4.69) is 23.2 Å². The van der Waals surface area contributed by atoms with Crippen molar-refractivity contribution in [3.63, 3.8) is 0 Å². The Kier molecular flexibility index (Phi) is 9.35. The van der Waals surface area contributed by atoms with Crippen LogP contribution in [0.5, 0.6) is 0 Å². The average molecular weight is 184 g/mol. The molecule has 0 rings (SSSR count). The summed E-state index contributed by atoms with van der Waals surface area (Å²) < 4.78 is 10.5. The smallest absolute Gasteiger partial charge is 0.212 e. The maximum absolute atomic E-state index is 10.5. The maximum atomic E-state index is 10.5. The SMILES string of the molecule is Br.FC(Cl)Cl. The molecule has 0 unspecified atom stereocenters. The minimum Gasteiger partial charge on any atom is -0.212 e. The van der Waals surface area contributed by atoms with Crippen LogP contribution in [0, 0.1) is 0 Å². The fraction of sp³-hybridized carbons (Fsp3) is 1.00. The van der Waals surface area contributed by atoms with Crippen LogP contribution in [0.2, 0.25) is 0 Å². The number of halogens is 4. The molecule has 0 saturated carbocycles. The Balaban J connectivity index is 0. The summed E-state index contributed by atoms with van der Waals surface area (Å²) in [5.74, 6) is 0. The summed E-state index contributed by atoms with van der Waals surface area (Å²) in [4.78, 5) is 0. The monoisotopic (exact) mass is 182 g/mol. The summed E-state index contributed by atoms with van der Waals surface area (Å²) in [5.41, 5.74) is 0. The van der Waals surface area contributed by atoms with Gasteiger partial charge in [0.05, 0.1) is 0 Å². The van der Waals surface area contributed by atoms with Crippen molar-refractivity contribution in [2.45, 2.75) is 5.09 Å². The molecule has 5 heavy (non-hydrogen) atoms. The zero-order chi connectivity index (χ0) is 3.58. The van der Waals surface area contributed by atoms with Crippen LogP contribution < -0.4 is 0 Å². The van der Waals surface area contributed by atoms with Crippen molar-refractivity contribution >= 4 is 40.2 Å². The van der Waals surface area contributed by atoms with Crippen LogP contribution in [-0.4, -0.2) is 5.09 Å². The minimum atomic E-state index is -1.72. The zero-order valence-electron chi connectivity index (χ0n) is 2.12. The molecule has 0 aliphatic heterocycles. The lowest BCUT2D eigenvalue weighted by Crippen LogP contribution is -1.58. The average Bonchev–Trinajstić information content (AvgIpc) is 0.811.